The summed E-state index contributed by atoms with van der Waals surface area (Å²) in [5.41, 5.74) is 9.09. The molecular weight excluding hydrogens is 608 g/mol. The number of imidazole rings is 1. The maximum atomic E-state index is 9.95. The van der Waals surface area contributed by atoms with E-state index >= 15 is 0 Å². The molecule has 0 aliphatic rings. The van der Waals surface area contributed by atoms with Crippen molar-refractivity contribution in [3.63, 3.8) is 0 Å². The maximum Gasteiger partial charge on any atom is 0.118 e. The zero-order valence-electron chi connectivity index (χ0n) is 26.2. The molecule has 0 bridgehead atoms. The zero-order valence-corrected chi connectivity index (χ0v) is 26.9. The van der Waals surface area contributed by atoms with E-state index in [1.54, 1.807) is 26.7 Å². The number of halogens is 1. The van der Waals surface area contributed by atoms with Crippen LogP contribution in [-0.2, 0) is 13.1 Å². The number of aryl methyl sites for hydroxylation is 1. The standard InChI is InChI=1S/C38H31ClN6O2/c1-25-14-36-33(15-28(25)17-40)35(23-45(36)29-12-13-43-24-42-18-30(43)16-29)34-19-41-20-37(38(34)39)44(21-26-4-8-31(46-2)9-5-26)22-27-6-10-32(47-3)11-7-27/h4-16,18-20,23-24H,21-22H2,1-3H3. The molecule has 0 N–H and O–H groups in total. The SMILES string of the molecule is COc1ccc(CN(Cc2ccc(OC)cc2)c2cncc(-c3cn(-c4ccn5cncc5c4)c4cc(C)c(C#N)cc34)c2Cl)cc1. The lowest BCUT2D eigenvalue weighted by Gasteiger charge is -2.27. The van der Waals surface area contributed by atoms with Gasteiger partial charge < -0.3 is 23.3 Å². The molecule has 0 unspecified atom stereocenters. The Morgan fingerprint density at radius 3 is 2.15 bits per heavy atom. The van der Waals surface area contributed by atoms with Gasteiger partial charge in [0.15, 0.2) is 0 Å². The van der Waals surface area contributed by atoms with Crippen molar-refractivity contribution in [2.24, 2.45) is 0 Å². The second-order valence-corrected chi connectivity index (χ2v) is 11.8. The summed E-state index contributed by atoms with van der Waals surface area (Å²) in [4.78, 5) is 11.2. The van der Waals surface area contributed by atoms with E-state index in [9.17, 15) is 5.26 Å². The third kappa shape index (κ3) is 5.73. The fourth-order valence-electron chi connectivity index (χ4n) is 5.95. The lowest BCUT2D eigenvalue weighted by molar-refractivity contribution is 0.414. The Labute approximate surface area is 277 Å². The lowest BCUT2D eigenvalue weighted by Crippen LogP contribution is -2.22. The fraction of sp³-hybridized carbons (Fsp3) is 0.132. The number of methoxy groups -OCH3 is 2. The van der Waals surface area contributed by atoms with Crippen LogP contribution in [0.5, 0.6) is 11.5 Å². The third-order valence-electron chi connectivity index (χ3n) is 8.50. The van der Waals surface area contributed by atoms with Gasteiger partial charge in [-0.1, -0.05) is 35.9 Å². The Hall–Kier alpha value is -5.78. The maximum absolute atomic E-state index is 9.95. The Kier molecular flexibility index (Phi) is 7.98. The van der Waals surface area contributed by atoms with Crippen LogP contribution in [-0.4, -0.2) is 33.2 Å². The van der Waals surface area contributed by atoms with Crippen molar-refractivity contribution in [2.75, 3.05) is 19.1 Å². The summed E-state index contributed by atoms with van der Waals surface area (Å²) in [5, 5.41) is 11.4. The summed E-state index contributed by atoms with van der Waals surface area (Å²) in [7, 11) is 3.33. The average Bonchev–Trinajstić information content (AvgIpc) is 3.72. The second-order valence-electron chi connectivity index (χ2n) is 11.4. The van der Waals surface area contributed by atoms with Gasteiger partial charge in [-0.25, -0.2) is 4.98 Å². The first-order valence-electron chi connectivity index (χ1n) is 15.1. The van der Waals surface area contributed by atoms with Gasteiger partial charge in [0.05, 0.1) is 66.3 Å². The number of benzene rings is 3. The molecule has 0 saturated heterocycles. The summed E-state index contributed by atoms with van der Waals surface area (Å²) in [6.07, 6.45) is 11.3. The number of aromatic nitrogens is 4. The fourth-order valence-corrected chi connectivity index (χ4v) is 6.27. The van der Waals surface area contributed by atoms with E-state index in [0.717, 1.165) is 67.1 Å². The largest absolute Gasteiger partial charge is 0.497 e. The zero-order chi connectivity index (χ0) is 32.5. The molecule has 0 aliphatic carbocycles. The number of nitrogens with zero attached hydrogens (tertiary/aromatic N) is 6. The van der Waals surface area contributed by atoms with Gasteiger partial charge in [-0.2, -0.15) is 5.26 Å². The van der Waals surface area contributed by atoms with E-state index < -0.39 is 0 Å². The van der Waals surface area contributed by atoms with Crippen molar-refractivity contribution in [3.05, 3.63) is 137 Å². The Bertz CT molecular complexity index is 2220. The highest BCUT2D eigenvalue weighted by Gasteiger charge is 2.21. The van der Waals surface area contributed by atoms with Crippen LogP contribution in [0.1, 0.15) is 22.3 Å². The molecule has 0 radical (unpaired) electrons. The molecule has 8 nitrogen and oxygen atoms in total. The highest BCUT2D eigenvalue weighted by Crippen LogP contribution is 2.41. The minimum atomic E-state index is 0.575. The van der Waals surface area contributed by atoms with Crippen LogP contribution in [0.2, 0.25) is 5.02 Å². The monoisotopic (exact) mass is 638 g/mol. The van der Waals surface area contributed by atoms with E-state index in [-0.39, 0.29) is 0 Å². The molecule has 0 fully saturated rings. The first-order valence-corrected chi connectivity index (χ1v) is 15.5. The van der Waals surface area contributed by atoms with Crippen molar-refractivity contribution < 1.29 is 9.47 Å². The molecule has 4 aromatic heterocycles. The van der Waals surface area contributed by atoms with Gasteiger partial charge in [0.2, 0.25) is 0 Å². The summed E-state index contributed by atoms with van der Waals surface area (Å²) >= 11 is 7.38. The molecule has 0 atom stereocenters. The van der Waals surface area contributed by atoms with Gasteiger partial charge in [0.1, 0.15) is 11.5 Å². The third-order valence-corrected chi connectivity index (χ3v) is 8.90. The smallest absolute Gasteiger partial charge is 0.118 e. The molecule has 0 aliphatic heterocycles. The van der Waals surface area contributed by atoms with Gasteiger partial charge in [0, 0.05) is 53.9 Å². The Balaban J connectivity index is 1.37. The van der Waals surface area contributed by atoms with Crippen LogP contribution in [0, 0.1) is 18.3 Å². The summed E-state index contributed by atoms with van der Waals surface area (Å²) in [6, 6.07) is 26.6. The number of anilines is 1. The minimum absolute atomic E-state index is 0.575. The van der Waals surface area contributed by atoms with Crippen molar-refractivity contribution in [3.8, 4) is 34.4 Å². The highest BCUT2D eigenvalue weighted by molar-refractivity contribution is 6.36. The first kappa shape index (κ1) is 29.9. The van der Waals surface area contributed by atoms with E-state index in [0.29, 0.717) is 23.7 Å². The van der Waals surface area contributed by atoms with Crippen LogP contribution < -0.4 is 14.4 Å². The van der Waals surface area contributed by atoms with Gasteiger partial charge in [-0.05, 0) is 72.1 Å². The normalized spacial score (nSPS) is 11.1. The van der Waals surface area contributed by atoms with Crippen LogP contribution in [0.25, 0.3) is 33.2 Å². The molecule has 0 amide bonds. The highest BCUT2D eigenvalue weighted by atomic mass is 35.5. The topological polar surface area (TPSA) is 80.6 Å². The molecule has 3 aromatic carbocycles. The van der Waals surface area contributed by atoms with Crippen LogP contribution >= 0.6 is 11.6 Å². The average molecular weight is 639 g/mol. The number of nitriles is 1. The van der Waals surface area contributed by atoms with Crippen molar-refractivity contribution in [1.82, 2.24) is 18.9 Å². The predicted octanol–water partition coefficient (Wildman–Crippen LogP) is 8.40. The number of pyridine rings is 2. The summed E-state index contributed by atoms with van der Waals surface area (Å²) in [5.74, 6) is 1.60. The number of hydrogen-bond acceptors (Lipinski definition) is 6. The molecule has 0 saturated carbocycles. The van der Waals surface area contributed by atoms with E-state index in [1.165, 1.54) is 0 Å². The van der Waals surface area contributed by atoms with E-state index in [4.69, 9.17) is 26.1 Å². The number of hydrogen-bond donors (Lipinski definition) is 0. The van der Waals surface area contributed by atoms with Gasteiger partial charge >= 0.3 is 0 Å². The van der Waals surface area contributed by atoms with E-state index in [2.05, 4.69) is 63.1 Å². The summed E-state index contributed by atoms with van der Waals surface area (Å²) < 4.78 is 14.9. The van der Waals surface area contributed by atoms with Crippen LogP contribution in [0.15, 0.2) is 110 Å². The summed E-state index contributed by atoms with van der Waals surface area (Å²) in [6.45, 7) is 3.14. The molecular formula is C38H31ClN6O2. The number of fused-ring (bicyclic) bond motifs is 2. The first-order chi connectivity index (χ1) is 22.9. The molecule has 9 heteroatoms. The molecule has 47 heavy (non-hydrogen) atoms. The number of rotatable bonds is 9. The van der Waals surface area contributed by atoms with Crippen LogP contribution in [0.4, 0.5) is 5.69 Å². The molecule has 7 rings (SSSR count). The number of ether oxygens (including phenoxy) is 2. The quantitative estimate of drug-likeness (QED) is 0.158. The van der Waals surface area contributed by atoms with Gasteiger partial charge in [-0.3, -0.25) is 4.98 Å². The predicted molar refractivity (Wildman–Crippen MR) is 186 cm³/mol. The van der Waals surface area contributed by atoms with Crippen molar-refractivity contribution in [1.29, 1.82) is 5.26 Å². The molecule has 4 heterocycles. The Morgan fingerprint density at radius 2 is 1.51 bits per heavy atom. The second kappa shape index (κ2) is 12.5. The van der Waals surface area contributed by atoms with Gasteiger partial charge in [-0.15, -0.1) is 0 Å². The molecule has 232 valence electrons. The van der Waals surface area contributed by atoms with E-state index in [1.807, 2.05) is 66.3 Å². The molecule has 0 spiro atoms. The van der Waals surface area contributed by atoms with Crippen LogP contribution in [0.3, 0.4) is 0 Å². The molecule has 7 aromatic rings. The minimum Gasteiger partial charge on any atom is -0.497 e. The lowest BCUT2D eigenvalue weighted by atomic mass is 10.0. The Morgan fingerprint density at radius 1 is 0.830 bits per heavy atom. The van der Waals surface area contributed by atoms with Crippen molar-refractivity contribution >= 4 is 33.7 Å². The van der Waals surface area contributed by atoms with Gasteiger partial charge in [0.25, 0.3) is 0 Å². The van der Waals surface area contributed by atoms with Crippen molar-refractivity contribution in [2.45, 2.75) is 20.0 Å².